The molecule has 1 aromatic heterocycles. The standard InChI is InChI=1S/C20H29N5O3/c1-16-21-20(23-22-16)18-14-25(19(26)15-28-12-11-27-2)10-6-9-24(18)13-17-7-4-3-5-8-17/h3-5,7-8,18H,6,9-15H2,1-2H3,(H,21,22,23). The summed E-state index contributed by atoms with van der Waals surface area (Å²) in [6.45, 7) is 5.79. The number of aryl methyl sites for hydroxylation is 1. The van der Waals surface area contributed by atoms with Crippen molar-refractivity contribution in [2.75, 3.05) is 46.6 Å². The Hall–Kier alpha value is -2.29. The van der Waals surface area contributed by atoms with E-state index in [9.17, 15) is 4.79 Å². The minimum absolute atomic E-state index is 0.00470. The van der Waals surface area contributed by atoms with Gasteiger partial charge in [-0.1, -0.05) is 30.3 Å². The molecule has 1 fully saturated rings. The van der Waals surface area contributed by atoms with E-state index in [2.05, 4.69) is 32.2 Å². The number of benzene rings is 1. The van der Waals surface area contributed by atoms with Crippen molar-refractivity contribution in [1.82, 2.24) is 25.0 Å². The number of rotatable bonds is 8. The summed E-state index contributed by atoms with van der Waals surface area (Å²) in [7, 11) is 1.62. The number of carbonyl (C=O) groups is 1. The topological polar surface area (TPSA) is 83.6 Å². The average Bonchev–Trinajstić information content (AvgIpc) is 3.02. The summed E-state index contributed by atoms with van der Waals surface area (Å²) >= 11 is 0. The predicted octanol–water partition coefficient (Wildman–Crippen LogP) is 1.55. The molecular formula is C20H29N5O3. The van der Waals surface area contributed by atoms with E-state index in [0.29, 0.717) is 26.3 Å². The molecule has 0 aliphatic carbocycles. The Bertz CT molecular complexity index is 736. The summed E-state index contributed by atoms with van der Waals surface area (Å²) in [6.07, 6.45) is 0.899. The molecule has 1 unspecified atom stereocenters. The molecule has 1 amide bonds. The molecule has 1 aliphatic rings. The molecule has 1 N–H and O–H groups in total. The van der Waals surface area contributed by atoms with E-state index in [1.807, 2.05) is 30.0 Å². The lowest BCUT2D eigenvalue weighted by Gasteiger charge is -2.30. The van der Waals surface area contributed by atoms with Crippen LogP contribution in [0.3, 0.4) is 0 Å². The molecule has 2 aromatic rings. The summed E-state index contributed by atoms with van der Waals surface area (Å²) < 4.78 is 10.4. The second-order valence-electron chi connectivity index (χ2n) is 6.99. The molecule has 3 rings (SSSR count). The molecule has 8 heteroatoms. The van der Waals surface area contributed by atoms with Gasteiger partial charge < -0.3 is 14.4 Å². The lowest BCUT2D eigenvalue weighted by Crippen LogP contribution is -2.39. The average molecular weight is 387 g/mol. The van der Waals surface area contributed by atoms with Crippen LogP contribution in [0.25, 0.3) is 0 Å². The first-order valence-electron chi connectivity index (χ1n) is 9.68. The van der Waals surface area contributed by atoms with Crippen molar-refractivity contribution >= 4 is 5.91 Å². The molecule has 8 nitrogen and oxygen atoms in total. The first kappa shape index (κ1) is 20.4. The Morgan fingerprint density at radius 1 is 1.25 bits per heavy atom. The van der Waals surface area contributed by atoms with Gasteiger partial charge >= 0.3 is 0 Å². The zero-order valence-corrected chi connectivity index (χ0v) is 16.6. The van der Waals surface area contributed by atoms with Gasteiger partial charge in [-0.25, -0.2) is 4.98 Å². The summed E-state index contributed by atoms with van der Waals surface area (Å²) in [4.78, 5) is 21.4. The fraction of sp³-hybridized carbons (Fsp3) is 0.550. The predicted molar refractivity (Wildman–Crippen MR) is 105 cm³/mol. The van der Waals surface area contributed by atoms with Crippen molar-refractivity contribution < 1.29 is 14.3 Å². The molecule has 0 saturated carbocycles. The molecule has 0 radical (unpaired) electrons. The number of nitrogens with one attached hydrogen (secondary N) is 1. The number of H-pyrrole nitrogens is 1. The highest BCUT2D eigenvalue weighted by atomic mass is 16.5. The van der Waals surface area contributed by atoms with Gasteiger partial charge in [-0.2, -0.15) is 5.10 Å². The summed E-state index contributed by atoms with van der Waals surface area (Å²) in [6, 6.07) is 10.3. The van der Waals surface area contributed by atoms with Crippen molar-refractivity contribution in [2.24, 2.45) is 0 Å². The first-order chi connectivity index (χ1) is 13.7. The zero-order valence-electron chi connectivity index (χ0n) is 16.6. The van der Waals surface area contributed by atoms with Crippen LogP contribution < -0.4 is 0 Å². The number of amides is 1. The van der Waals surface area contributed by atoms with E-state index in [1.165, 1.54) is 5.56 Å². The molecule has 1 saturated heterocycles. The van der Waals surface area contributed by atoms with Crippen LogP contribution in [0.2, 0.25) is 0 Å². The highest BCUT2D eigenvalue weighted by Gasteiger charge is 2.31. The number of ether oxygens (including phenoxy) is 2. The fourth-order valence-electron chi connectivity index (χ4n) is 3.42. The van der Waals surface area contributed by atoms with Crippen molar-refractivity contribution in [3.8, 4) is 0 Å². The van der Waals surface area contributed by atoms with Gasteiger partial charge in [0.2, 0.25) is 5.91 Å². The number of aromatic amines is 1. The Morgan fingerprint density at radius 2 is 2.07 bits per heavy atom. The van der Waals surface area contributed by atoms with Crippen LogP contribution in [0.5, 0.6) is 0 Å². The van der Waals surface area contributed by atoms with Gasteiger partial charge in [0.15, 0.2) is 5.82 Å². The van der Waals surface area contributed by atoms with Crippen molar-refractivity contribution in [3.63, 3.8) is 0 Å². The maximum atomic E-state index is 12.7. The number of hydrogen-bond donors (Lipinski definition) is 1. The molecule has 0 bridgehead atoms. The third kappa shape index (κ3) is 5.60. The van der Waals surface area contributed by atoms with Crippen LogP contribution in [-0.2, 0) is 20.8 Å². The largest absolute Gasteiger partial charge is 0.382 e. The quantitative estimate of drug-likeness (QED) is 0.692. The number of carbonyl (C=O) groups excluding carboxylic acids is 1. The van der Waals surface area contributed by atoms with Crippen LogP contribution >= 0.6 is 0 Å². The van der Waals surface area contributed by atoms with Crippen LogP contribution in [0.4, 0.5) is 0 Å². The van der Waals surface area contributed by atoms with Gasteiger partial charge in [0.05, 0.1) is 19.3 Å². The maximum absolute atomic E-state index is 12.7. The van der Waals surface area contributed by atoms with Crippen molar-refractivity contribution in [2.45, 2.75) is 25.9 Å². The maximum Gasteiger partial charge on any atom is 0.248 e. The summed E-state index contributed by atoms with van der Waals surface area (Å²) in [5.41, 5.74) is 1.24. The monoisotopic (exact) mass is 387 g/mol. The zero-order chi connectivity index (χ0) is 19.8. The Kier molecular flexibility index (Phi) is 7.53. The molecule has 1 atom stereocenters. The summed E-state index contributed by atoms with van der Waals surface area (Å²) in [5, 5.41) is 7.32. The van der Waals surface area contributed by atoms with Crippen LogP contribution in [0.15, 0.2) is 30.3 Å². The van der Waals surface area contributed by atoms with Crippen molar-refractivity contribution in [3.05, 3.63) is 47.5 Å². The van der Waals surface area contributed by atoms with Crippen molar-refractivity contribution in [1.29, 1.82) is 0 Å². The van der Waals surface area contributed by atoms with E-state index >= 15 is 0 Å². The van der Waals surface area contributed by atoms with Gasteiger partial charge in [0.25, 0.3) is 0 Å². The molecule has 2 heterocycles. The van der Waals surface area contributed by atoms with Gasteiger partial charge in [0, 0.05) is 33.3 Å². The molecule has 152 valence electrons. The van der Waals surface area contributed by atoms with Gasteiger partial charge in [-0.3, -0.25) is 14.8 Å². The fourth-order valence-corrected chi connectivity index (χ4v) is 3.42. The molecule has 1 aromatic carbocycles. The Morgan fingerprint density at radius 3 is 2.79 bits per heavy atom. The highest BCUT2D eigenvalue weighted by Crippen LogP contribution is 2.25. The van der Waals surface area contributed by atoms with E-state index in [0.717, 1.165) is 31.2 Å². The smallest absolute Gasteiger partial charge is 0.248 e. The lowest BCUT2D eigenvalue weighted by atomic mass is 10.1. The van der Waals surface area contributed by atoms with Crippen LogP contribution in [-0.4, -0.2) is 77.5 Å². The molecule has 0 spiro atoms. The highest BCUT2D eigenvalue weighted by molar-refractivity contribution is 5.77. The van der Waals surface area contributed by atoms with E-state index < -0.39 is 0 Å². The lowest BCUT2D eigenvalue weighted by molar-refractivity contribution is -0.137. The molecule has 28 heavy (non-hydrogen) atoms. The normalized spacial score (nSPS) is 18.2. The minimum Gasteiger partial charge on any atom is -0.382 e. The third-order valence-corrected chi connectivity index (χ3v) is 4.86. The number of hydrogen-bond acceptors (Lipinski definition) is 6. The second-order valence-corrected chi connectivity index (χ2v) is 6.99. The van der Waals surface area contributed by atoms with E-state index in [1.54, 1.807) is 7.11 Å². The van der Waals surface area contributed by atoms with Crippen LogP contribution in [0.1, 0.15) is 29.7 Å². The van der Waals surface area contributed by atoms with E-state index in [4.69, 9.17) is 9.47 Å². The summed E-state index contributed by atoms with van der Waals surface area (Å²) in [5.74, 6) is 1.50. The Labute approximate surface area is 165 Å². The number of aromatic nitrogens is 3. The van der Waals surface area contributed by atoms with Gasteiger partial charge in [0.1, 0.15) is 12.4 Å². The Balaban J connectivity index is 1.72. The van der Waals surface area contributed by atoms with Gasteiger partial charge in [-0.15, -0.1) is 0 Å². The SMILES string of the molecule is COCCOCC(=O)N1CCCN(Cc2ccccc2)C(c2n[nH]c(C)n2)C1. The number of nitrogens with zero attached hydrogens (tertiary/aromatic N) is 4. The second kappa shape index (κ2) is 10.3. The van der Waals surface area contributed by atoms with E-state index in [-0.39, 0.29) is 18.6 Å². The molecular weight excluding hydrogens is 358 g/mol. The van der Waals surface area contributed by atoms with Gasteiger partial charge in [-0.05, 0) is 18.9 Å². The third-order valence-electron chi connectivity index (χ3n) is 4.86. The van der Waals surface area contributed by atoms with Crippen LogP contribution in [0, 0.1) is 6.92 Å². The number of methoxy groups -OCH3 is 1. The molecule has 1 aliphatic heterocycles. The first-order valence-corrected chi connectivity index (χ1v) is 9.68. The minimum atomic E-state index is -0.0596.